The molecule has 1 heterocycles. The van der Waals surface area contributed by atoms with Crippen LogP contribution >= 0.6 is 0 Å². The fourth-order valence-corrected chi connectivity index (χ4v) is 1.76. The molecule has 3 heteroatoms. The van der Waals surface area contributed by atoms with Crippen LogP contribution in [0.2, 0.25) is 0 Å². The minimum atomic E-state index is -0.693. The first-order chi connectivity index (χ1) is 5.92. The van der Waals surface area contributed by atoms with Crippen LogP contribution in [0.25, 0.3) is 0 Å². The molecule has 1 fully saturated rings. The average molecular weight is 185 g/mol. The van der Waals surface area contributed by atoms with Gasteiger partial charge in [0.25, 0.3) is 0 Å². The number of nitrogens with zero attached hydrogens (tertiary/aromatic N) is 1. The lowest BCUT2D eigenvalue weighted by Gasteiger charge is -2.48. The lowest BCUT2D eigenvalue weighted by Crippen LogP contribution is -2.56. The van der Waals surface area contributed by atoms with Crippen LogP contribution in [0.3, 0.4) is 0 Å². The Balaban J connectivity index is 2.33. The summed E-state index contributed by atoms with van der Waals surface area (Å²) in [6.45, 7) is 8.71. The van der Waals surface area contributed by atoms with E-state index in [2.05, 4.69) is 25.7 Å². The second kappa shape index (κ2) is 3.66. The Morgan fingerprint density at radius 1 is 1.54 bits per heavy atom. The van der Waals surface area contributed by atoms with Gasteiger partial charge in [-0.25, -0.2) is 0 Å². The largest absolute Gasteiger partial charge is 0.481 e. The second-order valence-corrected chi connectivity index (χ2v) is 4.72. The molecule has 0 spiro atoms. The first-order valence-electron chi connectivity index (χ1n) is 4.88. The monoisotopic (exact) mass is 185 g/mol. The van der Waals surface area contributed by atoms with Gasteiger partial charge < -0.3 is 5.11 Å². The third kappa shape index (κ3) is 2.69. The number of carboxylic acids is 1. The summed E-state index contributed by atoms with van der Waals surface area (Å²) < 4.78 is 0. The van der Waals surface area contributed by atoms with Crippen LogP contribution in [-0.2, 0) is 4.79 Å². The molecule has 0 unspecified atom stereocenters. The summed E-state index contributed by atoms with van der Waals surface area (Å²) in [5.41, 5.74) is 0.0604. The quantitative estimate of drug-likeness (QED) is 0.723. The Labute approximate surface area is 79.7 Å². The van der Waals surface area contributed by atoms with Crippen molar-refractivity contribution in [2.24, 2.45) is 5.92 Å². The van der Waals surface area contributed by atoms with E-state index in [1.165, 1.54) is 0 Å². The molecule has 1 saturated heterocycles. The lowest BCUT2D eigenvalue weighted by atomic mass is 9.89. The molecule has 1 aliphatic rings. The smallest absolute Gasteiger partial charge is 0.303 e. The fourth-order valence-electron chi connectivity index (χ4n) is 1.76. The van der Waals surface area contributed by atoms with Gasteiger partial charge in [-0.1, -0.05) is 6.92 Å². The first-order valence-corrected chi connectivity index (χ1v) is 4.88. The second-order valence-electron chi connectivity index (χ2n) is 4.72. The summed E-state index contributed by atoms with van der Waals surface area (Å²) >= 11 is 0. The third-order valence-electron chi connectivity index (χ3n) is 2.87. The molecule has 0 aromatic carbocycles. The van der Waals surface area contributed by atoms with Crippen molar-refractivity contribution in [3.05, 3.63) is 0 Å². The molecule has 0 saturated carbocycles. The number of carboxylic acid groups (broad SMARTS) is 1. The van der Waals surface area contributed by atoms with Gasteiger partial charge in [-0.2, -0.15) is 0 Å². The van der Waals surface area contributed by atoms with E-state index in [0.29, 0.717) is 0 Å². The molecule has 0 bridgehead atoms. The molecule has 1 rings (SSSR count). The highest BCUT2D eigenvalue weighted by Crippen LogP contribution is 2.28. The fraction of sp³-hybridized carbons (Fsp3) is 0.900. The molecule has 0 aromatic heterocycles. The van der Waals surface area contributed by atoms with Crippen LogP contribution in [0.15, 0.2) is 0 Å². The summed E-state index contributed by atoms with van der Waals surface area (Å²) in [6.07, 6.45) is 1.02. The maximum atomic E-state index is 10.4. The van der Waals surface area contributed by atoms with Crippen LogP contribution in [0.5, 0.6) is 0 Å². The highest BCUT2D eigenvalue weighted by Gasteiger charge is 2.34. The average Bonchev–Trinajstić information content (AvgIpc) is 1.95. The van der Waals surface area contributed by atoms with E-state index in [0.717, 1.165) is 25.4 Å². The zero-order valence-electron chi connectivity index (χ0n) is 8.71. The van der Waals surface area contributed by atoms with Gasteiger partial charge in [-0.3, -0.25) is 9.69 Å². The number of likely N-dealkylation sites (tertiary alicyclic amines) is 1. The van der Waals surface area contributed by atoms with Crippen molar-refractivity contribution in [2.75, 3.05) is 13.1 Å². The van der Waals surface area contributed by atoms with Crippen molar-refractivity contribution in [1.29, 1.82) is 0 Å². The topological polar surface area (TPSA) is 40.5 Å². The summed E-state index contributed by atoms with van der Waals surface area (Å²) in [4.78, 5) is 12.8. The Hall–Kier alpha value is -0.570. The van der Waals surface area contributed by atoms with E-state index in [-0.39, 0.29) is 12.0 Å². The van der Waals surface area contributed by atoms with Gasteiger partial charge in [0.2, 0.25) is 0 Å². The van der Waals surface area contributed by atoms with Crippen molar-refractivity contribution in [2.45, 2.75) is 39.2 Å². The van der Waals surface area contributed by atoms with Crippen molar-refractivity contribution in [3.8, 4) is 0 Å². The number of hydrogen-bond acceptors (Lipinski definition) is 2. The zero-order chi connectivity index (χ0) is 10.1. The lowest BCUT2D eigenvalue weighted by molar-refractivity contribution is -0.138. The molecule has 3 nitrogen and oxygen atoms in total. The molecule has 13 heavy (non-hydrogen) atoms. The maximum Gasteiger partial charge on any atom is 0.303 e. The minimum absolute atomic E-state index is 0.0604. The standard InChI is InChI=1S/C10H19NO2/c1-8-6-11(7-8)10(2,3)5-4-9(12)13/h8H,4-7H2,1-3H3,(H,12,13). The zero-order valence-corrected chi connectivity index (χ0v) is 8.71. The van der Waals surface area contributed by atoms with E-state index < -0.39 is 5.97 Å². The van der Waals surface area contributed by atoms with Gasteiger partial charge in [0.05, 0.1) is 0 Å². The minimum Gasteiger partial charge on any atom is -0.481 e. The Morgan fingerprint density at radius 2 is 2.08 bits per heavy atom. The molecule has 0 radical (unpaired) electrons. The summed E-state index contributed by atoms with van der Waals surface area (Å²) in [5, 5.41) is 8.58. The molecule has 0 atom stereocenters. The summed E-state index contributed by atoms with van der Waals surface area (Å²) in [7, 11) is 0. The van der Waals surface area contributed by atoms with Crippen LogP contribution in [-0.4, -0.2) is 34.6 Å². The van der Waals surface area contributed by atoms with Gasteiger partial charge >= 0.3 is 5.97 Å². The van der Waals surface area contributed by atoms with Crippen molar-refractivity contribution in [1.82, 2.24) is 4.90 Å². The predicted molar refractivity (Wildman–Crippen MR) is 51.7 cm³/mol. The van der Waals surface area contributed by atoms with Crippen LogP contribution in [0.1, 0.15) is 33.6 Å². The molecule has 0 aliphatic carbocycles. The van der Waals surface area contributed by atoms with E-state index in [1.807, 2.05) is 0 Å². The van der Waals surface area contributed by atoms with Gasteiger partial charge in [0.1, 0.15) is 0 Å². The van der Waals surface area contributed by atoms with Gasteiger partial charge in [-0.05, 0) is 26.2 Å². The van der Waals surface area contributed by atoms with Crippen LogP contribution in [0, 0.1) is 5.92 Å². The summed E-state index contributed by atoms with van der Waals surface area (Å²) in [5.74, 6) is 0.0887. The third-order valence-corrected chi connectivity index (χ3v) is 2.87. The Bertz CT molecular complexity index is 195. The number of hydrogen-bond donors (Lipinski definition) is 1. The highest BCUT2D eigenvalue weighted by atomic mass is 16.4. The number of aliphatic carboxylic acids is 1. The van der Waals surface area contributed by atoms with Gasteiger partial charge in [0.15, 0.2) is 0 Å². The Morgan fingerprint density at radius 3 is 2.46 bits per heavy atom. The van der Waals surface area contributed by atoms with Gasteiger partial charge in [-0.15, -0.1) is 0 Å². The SMILES string of the molecule is CC1CN(C(C)(C)CCC(=O)O)C1. The number of carbonyl (C=O) groups is 1. The van der Waals surface area contributed by atoms with E-state index in [1.54, 1.807) is 0 Å². The normalized spacial score (nSPS) is 19.9. The van der Waals surface area contributed by atoms with Gasteiger partial charge in [0, 0.05) is 25.0 Å². The predicted octanol–water partition coefficient (Wildman–Crippen LogP) is 1.58. The molecule has 0 amide bonds. The van der Waals surface area contributed by atoms with E-state index >= 15 is 0 Å². The molecular weight excluding hydrogens is 166 g/mol. The molecule has 1 N–H and O–H groups in total. The highest BCUT2D eigenvalue weighted by molar-refractivity contribution is 5.66. The van der Waals surface area contributed by atoms with Crippen LogP contribution < -0.4 is 0 Å². The van der Waals surface area contributed by atoms with Crippen molar-refractivity contribution in [3.63, 3.8) is 0 Å². The molecule has 0 aromatic rings. The van der Waals surface area contributed by atoms with E-state index in [9.17, 15) is 4.79 Å². The molecule has 1 aliphatic heterocycles. The van der Waals surface area contributed by atoms with E-state index in [4.69, 9.17) is 5.11 Å². The van der Waals surface area contributed by atoms with Crippen molar-refractivity contribution < 1.29 is 9.90 Å². The maximum absolute atomic E-state index is 10.4. The first kappa shape index (κ1) is 10.5. The molecular formula is C10H19NO2. The number of rotatable bonds is 4. The Kier molecular flexibility index (Phi) is 2.96. The van der Waals surface area contributed by atoms with Crippen molar-refractivity contribution >= 4 is 5.97 Å². The van der Waals surface area contributed by atoms with Crippen LogP contribution in [0.4, 0.5) is 0 Å². The molecule has 76 valence electrons. The summed E-state index contributed by atoms with van der Waals surface area (Å²) in [6, 6.07) is 0.